The number of nitrogens with one attached hydrogen (secondary N) is 1. The molecule has 0 atom stereocenters. The average molecular weight is 281 g/mol. The van der Waals surface area contributed by atoms with Crippen LogP contribution in [0.25, 0.3) is 0 Å². The van der Waals surface area contributed by atoms with Crippen LogP contribution in [0.3, 0.4) is 0 Å². The molecule has 94 valence electrons. The number of thiophene rings is 1. The molecule has 0 aliphatic heterocycles. The summed E-state index contributed by atoms with van der Waals surface area (Å²) < 4.78 is 23.1. The Kier molecular flexibility index (Phi) is 3.49. The van der Waals surface area contributed by atoms with Crippen LogP contribution in [-0.4, -0.2) is 20.6 Å². The third kappa shape index (κ3) is 2.77. The van der Waals surface area contributed by atoms with Crippen molar-refractivity contribution >= 4 is 32.8 Å². The molecule has 0 saturated heterocycles. The molecule has 1 aromatic heterocycles. The lowest BCUT2D eigenvalue weighted by atomic mass is 10.3. The first kappa shape index (κ1) is 12.8. The highest BCUT2D eigenvalue weighted by molar-refractivity contribution is 7.90. The van der Waals surface area contributed by atoms with Crippen LogP contribution in [0.2, 0.25) is 0 Å². The minimum atomic E-state index is -3.36. The summed E-state index contributed by atoms with van der Waals surface area (Å²) in [6.07, 6.45) is 1.11. The molecule has 2 aromatic rings. The molecular weight excluding hydrogens is 270 g/mol. The second-order valence-corrected chi connectivity index (χ2v) is 6.50. The molecule has 0 radical (unpaired) electrons. The summed E-state index contributed by atoms with van der Waals surface area (Å²) in [5.41, 5.74) is 0.819. The van der Waals surface area contributed by atoms with E-state index in [2.05, 4.69) is 5.32 Å². The molecule has 4 nitrogen and oxygen atoms in total. The highest BCUT2D eigenvalue weighted by atomic mass is 32.2. The number of amides is 1. The van der Waals surface area contributed by atoms with E-state index >= 15 is 0 Å². The van der Waals surface area contributed by atoms with Crippen molar-refractivity contribution < 1.29 is 13.2 Å². The van der Waals surface area contributed by atoms with Crippen molar-refractivity contribution in [3.8, 4) is 0 Å². The van der Waals surface area contributed by atoms with Crippen LogP contribution in [0.15, 0.2) is 46.0 Å². The Morgan fingerprint density at radius 2 is 1.94 bits per heavy atom. The fourth-order valence-corrected chi connectivity index (χ4v) is 2.96. The van der Waals surface area contributed by atoms with Gasteiger partial charge in [0.15, 0.2) is 9.84 Å². The molecule has 1 N–H and O–H groups in total. The van der Waals surface area contributed by atoms with Gasteiger partial charge in [-0.1, -0.05) is 12.1 Å². The van der Waals surface area contributed by atoms with Crippen molar-refractivity contribution in [2.45, 2.75) is 4.90 Å². The van der Waals surface area contributed by atoms with Gasteiger partial charge in [-0.3, -0.25) is 4.79 Å². The van der Waals surface area contributed by atoms with Crippen molar-refractivity contribution in [1.82, 2.24) is 0 Å². The maximum Gasteiger partial charge on any atom is 0.256 e. The van der Waals surface area contributed by atoms with E-state index in [1.165, 1.54) is 17.4 Å². The van der Waals surface area contributed by atoms with Gasteiger partial charge in [0.25, 0.3) is 5.91 Å². The molecule has 0 saturated carbocycles. The smallest absolute Gasteiger partial charge is 0.256 e. The Morgan fingerprint density at radius 3 is 2.56 bits per heavy atom. The normalized spacial score (nSPS) is 11.2. The predicted molar refractivity (Wildman–Crippen MR) is 71.8 cm³/mol. The zero-order valence-corrected chi connectivity index (χ0v) is 11.2. The van der Waals surface area contributed by atoms with Gasteiger partial charge in [-0.05, 0) is 23.6 Å². The third-order valence-corrected chi connectivity index (χ3v) is 4.16. The fraction of sp³-hybridized carbons (Fsp3) is 0.0833. The number of hydrogen-bond donors (Lipinski definition) is 1. The monoisotopic (exact) mass is 281 g/mol. The standard InChI is InChI=1S/C12H11NO3S2/c1-18(15,16)11-5-3-2-4-10(11)13-12(14)9-6-7-17-8-9/h2-8H,1H3,(H,13,14). The summed E-state index contributed by atoms with van der Waals surface area (Å²) in [5.74, 6) is -0.313. The van der Waals surface area contributed by atoms with Gasteiger partial charge in [0.1, 0.15) is 0 Å². The van der Waals surface area contributed by atoms with Crippen LogP contribution in [-0.2, 0) is 9.84 Å². The van der Waals surface area contributed by atoms with E-state index in [-0.39, 0.29) is 10.8 Å². The first-order valence-corrected chi connectivity index (χ1v) is 7.94. The summed E-state index contributed by atoms with van der Waals surface area (Å²) in [4.78, 5) is 12.0. The Hall–Kier alpha value is -1.66. The van der Waals surface area contributed by atoms with E-state index in [4.69, 9.17) is 0 Å². The van der Waals surface area contributed by atoms with Crippen molar-refractivity contribution in [3.05, 3.63) is 46.7 Å². The minimum Gasteiger partial charge on any atom is -0.321 e. The van der Waals surface area contributed by atoms with Crippen LogP contribution >= 0.6 is 11.3 Å². The molecule has 0 bridgehead atoms. The van der Waals surface area contributed by atoms with Crippen LogP contribution in [0.4, 0.5) is 5.69 Å². The molecule has 6 heteroatoms. The number of hydrogen-bond acceptors (Lipinski definition) is 4. The number of carbonyl (C=O) groups excluding carboxylic acids is 1. The van der Waals surface area contributed by atoms with E-state index in [0.29, 0.717) is 11.3 Å². The molecule has 18 heavy (non-hydrogen) atoms. The lowest BCUT2D eigenvalue weighted by Gasteiger charge is -2.08. The number of sulfone groups is 1. The molecule has 0 fully saturated rings. The highest BCUT2D eigenvalue weighted by Gasteiger charge is 2.15. The maximum atomic E-state index is 11.9. The molecule has 1 amide bonds. The summed E-state index contributed by atoms with van der Waals surface area (Å²) in [6.45, 7) is 0. The van der Waals surface area contributed by atoms with E-state index in [0.717, 1.165) is 6.26 Å². The van der Waals surface area contributed by atoms with Crippen LogP contribution < -0.4 is 5.32 Å². The zero-order chi connectivity index (χ0) is 13.2. The summed E-state index contributed by atoms with van der Waals surface area (Å²) in [6, 6.07) is 8.02. The Labute approximate surface area is 109 Å². The van der Waals surface area contributed by atoms with Crippen LogP contribution in [0.5, 0.6) is 0 Å². The molecule has 0 aliphatic rings. The number of rotatable bonds is 3. The molecule has 1 heterocycles. The van der Waals surface area contributed by atoms with Gasteiger partial charge >= 0.3 is 0 Å². The Bertz CT molecular complexity index is 660. The van der Waals surface area contributed by atoms with Gasteiger partial charge in [-0.2, -0.15) is 11.3 Å². The van der Waals surface area contributed by atoms with Gasteiger partial charge in [-0.15, -0.1) is 0 Å². The van der Waals surface area contributed by atoms with Gasteiger partial charge in [-0.25, -0.2) is 8.42 Å². The van der Waals surface area contributed by atoms with Gasteiger partial charge in [0, 0.05) is 11.6 Å². The predicted octanol–water partition coefficient (Wildman–Crippen LogP) is 2.40. The topological polar surface area (TPSA) is 63.2 Å². The van der Waals surface area contributed by atoms with E-state index in [1.54, 1.807) is 35.0 Å². The Morgan fingerprint density at radius 1 is 1.22 bits per heavy atom. The highest BCUT2D eigenvalue weighted by Crippen LogP contribution is 2.21. The van der Waals surface area contributed by atoms with Crippen molar-refractivity contribution in [1.29, 1.82) is 0 Å². The molecule has 0 spiro atoms. The third-order valence-electron chi connectivity index (χ3n) is 2.32. The lowest BCUT2D eigenvalue weighted by molar-refractivity contribution is 0.102. The first-order chi connectivity index (χ1) is 8.48. The van der Waals surface area contributed by atoms with E-state index < -0.39 is 9.84 Å². The van der Waals surface area contributed by atoms with Gasteiger partial charge in [0.2, 0.25) is 0 Å². The number of anilines is 1. The molecule has 0 aliphatic carbocycles. The number of para-hydroxylation sites is 1. The number of benzene rings is 1. The zero-order valence-electron chi connectivity index (χ0n) is 9.58. The lowest BCUT2D eigenvalue weighted by Crippen LogP contribution is -2.13. The fourth-order valence-electron chi connectivity index (χ4n) is 1.48. The van der Waals surface area contributed by atoms with E-state index in [9.17, 15) is 13.2 Å². The minimum absolute atomic E-state index is 0.119. The first-order valence-electron chi connectivity index (χ1n) is 5.11. The van der Waals surface area contributed by atoms with Crippen molar-refractivity contribution in [2.75, 3.05) is 11.6 Å². The van der Waals surface area contributed by atoms with Gasteiger partial charge in [0.05, 0.1) is 16.1 Å². The molecule has 0 unspecified atom stereocenters. The van der Waals surface area contributed by atoms with Crippen molar-refractivity contribution in [3.63, 3.8) is 0 Å². The molecular formula is C12H11NO3S2. The molecule has 2 rings (SSSR count). The quantitative estimate of drug-likeness (QED) is 0.939. The molecule has 1 aromatic carbocycles. The SMILES string of the molecule is CS(=O)(=O)c1ccccc1NC(=O)c1ccsc1. The van der Waals surface area contributed by atoms with Crippen LogP contribution in [0.1, 0.15) is 10.4 Å². The maximum absolute atomic E-state index is 11.9. The van der Waals surface area contributed by atoms with Crippen LogP contribution in [0, 0.1) is 0 Å². The van der Waals surface area contributed by atoms with Crippen molar-refractivity contribution in [2.24, 2.45) is 0 Å². The van der Waals surface area contributed by atoms with Gasteiger partial charge < -0.3 is 5.32 Å². The Balaban J connectivity index is 2.33. The number of carbonyl (C=O) groups is 1. The average Bonchev–Trinajstić information content (AvgIpc) is 2.81. The summed E-state index contributed by atoms with van der Waals surface area (Å²) >= 11 is 1.41. The largest absolute Gasteiger partial charge is 0.321 e. The second kappa shape index (κ2) is 4.91. The van der Waals surface area contributed by atoms with E-state index in [1.807, 2.05) is 0 Å². The second-order valence-electron chi connectivity index (χ2n) is 3.73. The summed E-state index contributed by atoms with van der Waals surface area (Å²) in [5, 5.41) is 6.10. The summed E-state index contributed by atoms with van der Waals surface area (Å²) in [7, 11) is -3.36.